The molecule has 0 atom stereocenters. The fourth-order valence-electron chi connectivity index (χ4n) is 1.93. The van der Waals surface area contributed by atoms with Gasteiger partial charge in [0.05, 0.1) is 0 Å². The molecule has 0 saturated carbocycles. The fraction of sp³-hybridized carbons (Fsp3) is 0.250. The van der Waals surface area contributed by atoms with E-state index in [1.807, 2.05) is 0 Å². The van der Waals surface area contributed by atoms with E-state index in [1.165, 1.54) is 21.6 Å². The maximum atomic E-state index is 12.6. The number of rotatable bonds is 7. The highest BCUT2D eigenvalue weighted by Gasteiger charge is 2.12. The lowest BCUT2D eigenvalue weighted by atomic mass is 10.2. The van der Waals surface area contributed by atoms with E-state index >= 15 is 0 Å². The van der Waals surface area contributed by atoms with Crippen LogP contribution in [0.15, 0.2) is 58.3 Å². The normalized spacial score (nSPS) is 11.4. The number of alkyl halides is 4. The van der Waals surface area contributed by atoms with E-state index in [0.717, 1.165) is 9.79 Å². The minimum Gasteiger partial charge on any atom is -0.210 e. The summed E-state index contributed by atoms with van der Waals surface area (Å²) in [5.74, 6) is 0. The highest BCUT2D eigenvalue weighted by atomic mass is 33.1. The third kappa shape index (κ3) is 5.25. The van der Waals surface area contributed by atoms with Crippen molar-refractivity contribution in [2.75, 3.05) is 0 Å². The van der Waals surface area contributed by atoms with Gasteiger partial charge in [-0.25, -0.2) is 17.6 Å². The maximum absolute atomic E-state index is 12.6. The van der Waals surface area contributed by atoms with Gasteiger partial charge in [-0.05, 0) is 23.3 Å². The van der Waals surface area contributed by atoms with Crippen molar-refractivity contribution in [1.82, 2.24) is 0 Å². The Hall–Kier alpha value is -1.14. The van der Waals surface area contributed by atoms with Crippen molar-refractivity contribution in [2.45, 2.75) is 35.5 Å². The SMILES string of the molecule is FC(F)Cc1ccccc1SSc1ccccc1CC(F)F. The molecule has 0 N–H and O–H groups in total. The van der Waals surface area contributed by atoms with Gasteiger partial charge in [-0.15, -0.1) is 0 Å². The van der Waals surface area contributed by atoms with E-state index in [0.29, 0.717) is 11.1 Å². The minimum atomic E-state index is -2.40. The zero-order valence-electron chi connectivity index (χ0n) is 11.5. The van der Waals surface area contributed by atoms with E-state index in [9.17, 15) is 17.6 Å². The molecule has 2 aromatic rings. The van der Waals surface area contributed by atoms with Gasteiger partial charge in [0.15, 0.2) is 0 Å². The molecule has 0 heterocycles. The quantitative estimate of drug-likeness (QED) is 0.439. The summed E-state index contributed by atoms with van der Waals surface area (Å²) in [6.45, 7) is 0. The van der Waals surface area contributed by atoms with Crippen LogP contribution >= 0.6 is 21.6 Å². The van der Waals surface area contributed by atoms with Crippen LogP contribution in [-0.2, 0) is 12.8 Å². The highest BCUT2D eigenvalue weighted by molar-refractivity contribution is 8.76. The summed E-state index contributed by atoms with van der Waals surface area (Å²) < 4.78 is 50.3. The Bertz CT molecular complexity index is 549. The third-order valence-corrected chi connectivity index (χ3v) is 5.48. The van der Waals surface area contributed by atoms with Crippen molar-refractivity contribution in [2.24, 2.45) is 0 Å². The summed E-state index contributed by atoms with van der Waals surface area (Å²) in [5, 5.41) is 0. The molecule has 0 aliphatic rings. The van der Waals surface area contributed by atoms with E-state index in [1.54, 1.807) is 48.5 Å². The number of hydrogen-bond acceptors (Lipinski definition) is 2. The van der Waals surface area contributed by atoms with E-state index in [4.69, 9.17) is 0 Å². The predicted molar refractivity (Wildman–Crippen MR) is 84.0 cm³/mol. The molecule has 2 rings (SSSR count). The summed E-state index contributed by atoms with van der Waals surface area (Å²) in [4.78, 5) is 1.47. The van der Waals surface area contributed by atoms with Gasteiger partial charge >= 0.3 is 0 Å². The molecule has 0 bridgehead atoms. The van der Waals surface area contributed by atoms with Crippen LogP contribution in [0.2, 0.25) is 0 Å². The van der Waals surface area contributed by atoms with Gasteiger partial charge in [0.25, 0.3) is 0 Å². The number of halogens is 4. The van der Waals surface area contributed by atoms with Crippen LogP contribution in [0.25, 0.3) is 0 Å². The predicted octanol–water partition coefficient (Wildman–Crippen LogP) is 6.10. The highest BCUT2D eigenvalue weighted by Crippen LogP contribution is 2.41. The van der Waals surface area contributed by atoms with Crippen molar-refractivity contribution >= 4 is 21.6 Å². The van der Waals surface area contributed by atoms with Gasteiger partial charge < -0.3 is 0 Å². The van der Waals surface area contributed by atoms with E-state index < -0.39 is 12.9 Å². The zero-order chi connectivity index (χ0) is 15.9. The van der Waals surface area contributed by atoms with Gasteiger partial charge in [-0.1, -0.05) is 58.0 Å². The Morgan fingerprint density at radius 3 is 1.36 bits per heavy atom. The lowest BCUT2D eigenvalue weighted by Gasteiger charge is -2.10. The Morgan fingerprint density at radius 2 is 1.00 bits per heavy atom. The summed E-state index contributed by atoms with van der Waals surface area (Å²) in [7, 11) is 2.64. The van der Waals surface area contributed by atoms with Crippen molar-refractivity contribution in [3.63, 3.8) is 0 Å². The first kappa shape index (κ1) is 17.2. The molecular weight excluding hydrogens is 332 g/mol. The van der Waals surface area contributed by atoms with Gasteiger partial charge in [0, 0.05) is 22.6 Å². The van der Waals surface area contributed by atoms with Crippen LogP contribution in [0.5, 0.6) is 0 Å². The van der Waals surface area contributed by atoms with Gasteiger partial charge in [0.1, 0.15) is 0 Å². The first-order chi connectivity index (χ1) is 10.6. The molecule has 118 valence electrons. The molecule has 0 amide bonds. The fourth-order valence-corrected chi connectivity index (χ4v) is 4.41. The molecule has 0 fully saturated rings. The largest absolute Gasteiger partial charge is 0.242 e. The van der Waals surface area contributed by atoms with Crippen LogP contribution < -0.4 is 0 Å². The number of benzene rings is 2. The first-order valence-electron chi connectivity index (χ1n) is 6.63. The van der Waals surface area contributed by atoms with Crippen molar-refractivity contribution in [1.29, 1.82) is 0 Å². The number of hydrogen-bond donors (Lipinski definition) is 0. The van der Waals surface area contributed by atoms with Crippen molar-refractivity contribution < 1.29 is 17.6 Å². The molecule has 0 nitrogen and oxygen atoms in total. The van der Waals surface area contributed by atoms with Crippen LogP contribution in [0.4, 0.5) is 17.6 Å². The van der Waals surface area contributed by atoms with E-state index in [2.05, 4.69) is 0 Å². The van der Waals surface area contributed by atoms with Gasteiger partial charge in [-0.3, -0.25) is 0 Å². The monoisotopic (exact) mass is 346 g/mol. The Labute approximate surface area is 134 Å². The summed E-state index contributed by atoms with van der Waals surface area (Å²) in [6, 6.07) is 13.9. The molecule has 0 aliphatic carbocycles. The van der Waals surface area contributed by atoms with Crippen LogP contribution in [0.3, 0.4) is 0 Å². The van der Waals surface area contributed by atoms with Crippen LogP contribution in [0, 0.1) is 0 Å². The second kappa shape index (κ2) is 8.48. The standard InChI is InChI=1S/C16H14F4S2/c17-15(18)9-11-5-1-3-7-13(11)21-22-14-8-4-2-6-12(14)10-16(19)20/h1-8,15-16H,9-10H2. The minimum absolute atomic E-state index is 0.303. The maximum Gasteiger partial charge on any atom is 0.242 e. The van der Waals surface area contributed by atoms with E-state index in [-0.39, 0.29) is 12.8 Å². The Kier molecular flexibility index (Phi) is 6.64. The van der Waals surface area contributed by atoms with Crippen LogP contribution in [0.1, 0.15) is 11.1 Å². The Balaban J connectivity index is 2.10. The molecule has 0 aromatic heterocycles. The molecule has 22 heavy (non-hydrogen) atoms. The van der Waals surface area contributed by atoms with Crippen molar-refractivity contribution in [3.05, 3.63) is 59.7 Å². The second-order valence-electron chi connectivity index (χ2n) is 4.57. The van der Waals surface area contributed by atoms with Crippen LogP contribution in [-0.4, -0.2) is 12.9 Å². The molecule has 0 radical (unpaired) electrons. The molecule has 6 heteroatoms. The summed E-state index contributed by atoms with van der Waals surface area (Å²) in [5.41, 5.74) is 1.14. The smallest absolute Gasteiger partial charge is 0.210 e. The molecule has 0 unspecified atom stereocenters. The topological polar surface area (TPSA) is 0 Å². The third-order valence-electron chi connectivity index (χ3n) is 2.91. The lowest BCUT2D eigenvalue weighted by Crippen LogP contribution is -1.98. The molecule has 0 aliphatic heterocycles. The molecule has 0 spiro atoms. The molecule has 2 aromatic carbocycles. The molecular formula is C16H14F4S2. The van der Waals surface area contributed by atoms with Crippen molar-refractivity contribution in [3.8, 4) is 0 Å². The van der Waals surface area contributed by atoms with Gasteiger partial charge in [0.2, 0.25) is 12.9 Å². The molecule has 0 saturated heterocycles. The average molecular weight is 346 g/mol. The zero-order valence-corrected chi connectivity index (χ0v) is 13.1. The summed E-state index contributed by atoms with van der Waals surface area (Å²) >= 11 is 0. The second-order valence-corrected chi connectivity index (χ2v) is 6.79. The summed E-state index contributed by atoms with van der Waals surface area (Å²) in [6.07, 6.45) is -5.42. The first-order valence-corrected chi connectivity index (χ1v) is 8.78. The average Bonchev–Trinajstić information content (AvgIpc) is 2.46. The van der Waals surface area contributed by atoms with Gasteiger partial charge in [-0.2, -0.15) is 0 Å². The Morgan fingerprint density at radius 1 is 0.636 bits per heavy atom. The lowest BCUT2D eigenvalue weighted by molar-refractivity contribution is 0.147.